The second kappa shape index (κ2) is 25.1. The van der Waals surface area contributed by atoms with Crippen LogP contribution >= 0.6 is 34.8 Å². The van der Waals surface area contributed by atoms with E-state index in [1.165, 1.54) is 54.0 Å². The Morgan fingerprint density at radius 3 is 1.67 bits per heavy atom. The van der Waals surface area contributed by atoms with Crippen molar-refractivity contribution in [1.29, 1.82) is 0 Å². The SMILES string of the molecule is COC(=O)CC(=O)CC(=O)OC.COC(=O)c1c[nH]c(=O)cc1O.COC(=O)c1cnc(Cl)cc1Cl.COC(=O)c1cnc(Cl)cc1NCc1ccccc1. The van der Waals surface area contributed by atoms with Crippen molar-refractivity contribution < 1.29 is 57.6 Å². The number of hydrogen-bond donors (Lipinski definition) is 3. The molecule has 3 heterocycles. The number of carbonyl (C=O) groups is 6. The van der Waals surface area contributed by atoms with Crippen LogP contribution in [0.2, 0.25) is 15.3 Å². The van der Waals surface area contributed by atoms with Crippen molar-refractivity contribution >= 4 is 76.1 Å². The number of methoxy groups -OCH3 is 5. The number of ketones is 1. The molecule has 3 aromatic heterocycles. The first-order valence-electron chi connectivity index (χ1n) is 15.2. The number of esters is 5. The highest BCUT2D eigenvalue weighted by Gasteiger charge is 2.15. The fraction of sp³-hybridized carbons (Fsp3) is 0.229. The van der Waals surface area contributed by atoms with Gasteiger partial charge in [0.1, 0.15) is 40.0 Å². The quantitative estimate of drug-likeness (QED) is 0.0837. The number of ether oxygens (including phenoxy) is 5. The predicted molar refractivity (Wildman–Crippen MR) is 198 cm³/mol. The lowest BCUT2D eigenvalue weighted by Crippen LogP contribution is -2.14. The minimum Gasteiger partial charge on any atom is -0.507 e. The first kappa shape index (κ1) is 47.0. The van der Waals surface area contributed by atoms with E-state index in [1.807, 2.05) is 30.3 Å². The van der Waals surface area contributed by atoms with Crippen molar-refractivity contribution in [3.05, 3.63) is 115 Å². The van der Waals surface area contributed by atoms with Crippen molar-refractivity contribution in [3.63, 3.8) is 0 Å². The van der Waals surface area contributed by atoms with Crippen LogP contribution in [0.3, 0.4) is 0 Å². The Bertz CT molecular complexity index is 1970. The number of nitrogens with zero attached hydrogens (tertiary/aromatic N) is 2. The van der Waals surface area contributed by atoms with Gasteiger partial charge < -0.3 is 39.1 Å². The molecule has 1 aromatic carbocycles. The number of anilines is 1. The van der Waals surface area contributed by atoms with Crippen LogP contribution in [-0.4, -0.2) is 91.2 Å². The first-order chi connectivity index (χ1) is 26.1. The van der Waals surface area contributed by atoms with E-state index in [1.54, 1.807) is 6.07 Å². The molecule has 4 rings (SSSR count). The smallest absolute Gasteiger partial charge is 0.343 e. The molecule has 55 heavy (non-hydrogen) atoms. The molecule has 0 amide bonds. The van der Waals surface area contributed by atoms with E-state index < -0.39 is 41.2 Å². The normalized spacial score (nSPS) is 9.53. The largest absolute Gasteiger partial charge is 0.507 e. The molecule has 0 fully saturated rings. The van der Waals surface area contributed by atoms with E-state index in [4.69, 9.17) is 44.6 Å². The highest BCUT2D eigenvalue weighted by atomic mass is 35.5. The third-order valence-corrected chi connectivity index (χ3v) is 7.00. The Morgan fingerprint density at radius 2 is 1.18 bits per heavy atom. The maximum absolute atomic E-state index is 11.6. The minimum atomic E-state index is -0.691. The van der Waals surface area contributed by atoms with Gasteiger partial charge in [-0.25, -0.2) is 24.4 Å². The Labute approximate surface area is 328 Å². The van der Waals surface area contributed by atoms with Crippen molar-refractivity contribution in [1.82, 2.24) is 15.0 Å². The van der Waals surface area contributed by atoms with Gasteiger partial charge in [-0.05, 0) is 17.7 Å². The Kier molecular flexibility index (Phi) is 21.4. The summed E-state index contributed by atoms with van der Waals surface area (Å²) in [4.78, 5) is 85.6. The van der Waals surface area contributed by atoms with Crippen molar-refractivity contribution in [2.45, 2.75) is 19.4 Å². The molecule has 0 unspecified atom stereocenters. The van der Waals surface area contributed by atoms with E-state index in [9.17, 15) is 33.6 Å². The van der Waals surface area contributed by atoms with Crippen LogP contribution in [-0.2, 0) is 44.6 Å². The zero-order chi connectivity index (χ0) is 41.5. The van der Waals surface area contributed by atoms with Crippen LogP contribution in [0.1, 0.15) is 49.5 Å². The number of hydrogen-bond acceptors (Lipinski definition) is 16. The summed E-state index contributed by atoms with van der Waals surface area (Å²) in [5.74, 6) is -3.85. The van der Waals surface area contributed by atoms with E-state index in [-0.39, 0.29) is 39.9 Å². The molecule has 0 spiro atoms. The number of H-pyrrole nitrogens is 1. The van der Waals surface area contributed by atoms with Gasteiger partial charge in [0.15, 0.2) is 5.78 Å². The van der Waals surface area contributed by atoms with Gasteiger partial charge >= 0.3 is 29.8 Å². The van der Waals surface area contributed by atoms with E-state index in [0.717, 1.165) is 17.8 Å². The predicted octanol–water partition coefficient (Wildman–Crippen LogP) is 4.86. The molecule has 0 radical (unpaired) electrons. The number of nitrogens with one attached hydrogen (secondary N) is 2. The van der Waals surface area contributed by atoms with Gasteiger partial charge in [0, 0.05) is 31.2 Å². The van der Waals surface area contributed by atoms with Crippen LogP contribution in [0, 0.1) is 0 Å². The number of aromatic nitrogens is 3. The van der Waals surface area contributed by atoms with Gasteiger partial charge in [-0.1, -0.05) is 65.1 Å². The van der Waals surface area contributed by atoms with Gasteiger partial charge in [-0.3, -0.25) is 19.2 Å². The van der Waals surface area contributed by atoms with Crippen LogP contribution in [0.25, 0.3) is 0 Å². The fourth-order valence-corrected chi connectivity index (χ4v) is 4.17. The third-order valence-electron chi connectivity index (χ3n) is 6.27. The summed E-state index contributed by atoms with van der Waals surface area (Å²) in [6.07, 6.45) is 3.01. The minimum absolute atomic E-state index is 0.0582. The van der Waals surface area contributed by atoms with Gasteiger partial charge in [-0.2, -0.15) is 0 Å². The average Bonchev–Trinajstić information content (AvgIpc) is 3.17. The molecule has 0 saturated heterocycles. The molecule has 0 saturated carbocycles. The number of benzene rings is 1. The Morgan fingerprint density at radius 1 is 0.691 bits per heavy atom. The van der Waals surface area contributed by atoms with Crippen molar-refractivity contribution in [3.8, 4) is 5.75 Å². The average molecular weight is 826 g/mol. The second-order valence-electron chi connectivity index (χ2n) is 9.99. The summed E-state index contributed by atoms with van der Waals surface area (Å²) >= 11 is 17.0. The van der Waals surface area contributed by atoms with Crippen LogP contribution in [0.4, 0.5) is 5.69 Å². The molecule has 0 aliphatic rings. The summed E-state index contributed by atoms with van der Waals surface area (Å²) in [7, 11) is 6.14. The zero-order valence-corrected chi connectivity index (χ0v) is 32.1. The van der Waals surface area contributed by atoms with E-state index >= 15 is 0 Å². The molecular formula is C35H35Cl3N4O13. The number of aromatic amines is 1. The zero-order valence-electron chi connectivity index (χ0n) is 29.8. The van der Waals surface area contributed by atoms with Gasteiger partial charge in [-0.15, -0.1) is 0 Å². The number of pyridine rings is 3. The maximum atomic E-state index is 11.6. The number of rotatable bonds is 10. The van der Waals surface area contributed by atoms with Crippen molar-refractivity contribution in [2.75, 3.05) is 40.9 Å². The van der Waals surface area contributed by atoms with E-state index in [2.05, 4.69) is 39.2 Å². The fourth-order valence-electron chi connectivity index (χ4n) is 3.57. The van der Waals surface area contributed by atoms with Crippen molar-refractivity contribution in [2.24, 2.45) is 0 Å². The lowest BCUT2D eigenvalue weighted by atomic mass is 10.2. The molecule has 3 N–H and O–H groups in total. The lowest BCUT2D eigenvalue weighted by Gasteiger charge is -2.10. The van der Waals surface area contributed by atoms with Crippen LogP contribution in [0.15, 0.2) is 71.9 Å². The lowest BCUT2D eigenvalue weighted by molar-refractivity contribution is -0.146. The molecule has 17 nitrogen and oxygen atoms in total. The summed E-state index contributed by atoms with van der Waals surface area (Å²) in [5, 5.41) is 13.0. The number of carbonyl (C=O) groups excluding carboxylic acids is 6. The summed E-state index contributed by atoms with van der Waals surface area (Å²) in [6, 6.07) is 13.8. The van der Waals surface area contributed by atoms with Gasteiger partial charge in [0.25, 0.3) is 5.56 Å². The highest BCUT2D eigenvalue weighted by molar-refractivity contribution is 6.36. The topological polar surface area (TPSA) is 239 Å². The summed E-state index contributed by atoms with van der Waals surface area (Å²) in [5.41, 5.74) is 1.76. The molecular weight excluding hydrogens is 791 g/mol. The third kappa shape index (κ3) is 17.6. The molecule has 0 aliphatic heterocycles. The maximum Gasteiger partial charge on any atom is 0.343 e. The van der Waals surface area contributed by atoms with Crippen LogP contribution < -0.4 is 10.9 Å². The van der Waals surface area contributed by atoms with Gasteiger partial charge in [0.05, 0.1) is 51.8 Å². The highest BCUT2D eigenvalue weighted by Crippen LogP contribution is 2.21. The van der Waals surface area contributed by atoms with E-state index in [0.29, 0.717) is 22.9 Å². The molecule has 294 valence electrons. The molecule has 0 bridgehead atoms. The number of halogens is 3. The van der Waals surface area contributed by atoms with Gasteiger partial charge in [0.2, 0.25) is 0 Å². The summed E-state index contributed by atoms with van der Waals surface area (Å²) in [6.45, 7) is 0.588. The summed E-state index contributed by atoms with van der Waals surface area (Å²) < 4.78 is 21.9. The number of Topliss-reactive ketones (excluding diaryl/α,β-unsaturated/α-hetero) is 1. The Balaban J connectivity index is 0.000000377. The van der Waals surface area contributed by atoms with Crippen LogP contribution in [0.5, 0.6) is 5.75 Å². The second-order valence-corrected chi connectivity index (χ2v) is 11.2. The molecule has 0 atom stereocenters. The molecule has 20 heteroatoms. The molecule has 0 aliphatic carbocycles. The monoisotopic (exact) mass is 824 g/mol. The molecule has 4 aromatic rings. The first-order valence-corrected chi connectivity index (χ1v) is 16.3. The standard InChI is InChI=1S/C14H13ClN2O2.C7H5Cl2NO2.C7H7NO4.C7H10O5/c1-19-14(18)11-9-17-13(15)7-12(11)16-8-10-5-3-2-4-6-10;1-12-7(11)4-3-10-6(9)2-5(4)8;1-12-7(11)4-3-8-6(10)2-5(4)9;1-11-6(9)3-5(8)4-7(10)12-2/h2-7,9H,8H2,1H3,(H,16,17);2-3H,1H3;2-3H,1H3,(H2,8,9,10);3-4H2,1-2H3. The Hall–Kier alpha value is -6.04. The number of aromatic hydroxyl groups is 1.